The lowest BCUT2D eigenvalue weighted by Crippen LogP contribution is -2.31. The summed E-state index contributed by atoms with van der Waals surface area (Å²) in [5, 5.41) is 3.81. The van der Waals surface area contributed by atoms with Crippen molar-refractivity contribution in [3.63, 3.8) is 0 Å². The molecule has 3 heterocycles. The van der Waals surface area contributed by atoms with Gasteiger partial charge in [-0.2, -0.15) is 18.2 Å². The number of anilines is 1. The van der Waals surface area contributed by atoms with Crippen molar-refractivity contribution in [1.82, 2.24) is 20.0 Å². The molecule has 0 radical (unpaired) electrons. The summed E-state index contributed by atoms with van der Waals surface area (Å²) < 4.78 is 43.7. The number of alkyl halides is 3. The number of carbonyl (C=O) groups is 1. The number of hydrogen-bond acceptors (Lipinski definition) is 6. The molecule has 1 unspecified atom stereocenters. The molecule has 7 nitrogen and oxygen atoms in total. The molecule has 0 N–H and O–H groups in total. The number of carbonyl (C=O) groups excluding carboxylic acids is 1. The molecule has 0 spiro atoms. The molecule has 0 bridgehead atoms. The van der Waals surface area contributed by atoms with Gasteiger partial charge >= 0.3 is 6.18 Å². The summed E-state index contributed by atoms with van der Waals surface area (Å²) in [7, 11) is 3.50. The molecular formula is C15H16F3N5O2. The average Bonchev–Trinajstić information content (AvgIpc) is 3.22. The molecule has 0 saturated carbocycles. The van der Waals surface area contributed by atoms with Crippen molar-refractivity contribution in [2.75, 3.05) is 25.5 Å². The van der Waals surface area contributed by atoms with Gasteiger partial charge in [-0.1, -0.05) is 0 Å². The second kappa shape index (κ2) is 6.34. The standard InChI is InChI=1S/C15H16F3N5O2/c1-22(2)14-20-12(25-21-14)11-4-3-5-23(11)13(24)9-6-10(8-19-7-9)15(16,17)18/h6-8,11H,3-5H2,1-2H3. The molecule has 134 valence electrons. The molecule has 25 heavy (non-hydrogen) atoms. The smallest absolute Gasteiger partial charge is 0.344 e. The van der Waals surface area contributed by atoms with Crippen LogP contribution >= 0.6 is 0 Å². The van der Waals surface area contributed by atoms with Crippen LogP contribution in [-0.2, 0) is 6.18 Å². The zero-order valence-corrected chi connectivity index (χ0v) is 13.6. The first-order valence-corrected chi connectivity index (χ1v) is 7.61. The van der Waals surface area contributed by atoms with Crippen molar-refractivity contribution in [2.45, 2.75) is 25.1 Å². The lowest BCUT2D eigenvalue weighted by atomic mass is 10.1. The van der Waals surface area contributed by atoms with Gasteiger partial charge in [-0.15, -0.1) is 0 Å². The highest BCUT2D eigenvalue weighted by atomic mass is 19.4. The van der Waals surface area contributed by atoms with E-state index in [4.69, 9.17) is 4.52 Å². The SMILES string of the molecule is CN(C)c1noc(C2CCCN2C(=O)c2cncc(C(F)(F)F)c2)n1. The third-order valence-corrected chi connectivity index (χ3v) is 3.94. The number of halogens is 3. The summed E-state index contributed by atoms with van der Waals surface area (Å²) in [6.45, 7) is 0.402. The average molecular weight is 355 g/mol. The zero-order chi connectivity index (χ0) is 18.2. The maximum absolute atomic E-state index is 12.8. The Kier molecular flexibility index (Phi) is 4.36. The normalized spacial score (nSPS) is 17.8. The van der Waals surface area contributed by atoms with Crippen LogP contribution in [0.3, 0.4) is 0 Å². The Morgan fingerprint density at radius 2 is 2.12 bits per heavy atom. The van der Waals surface area contributed by atoms with Gasteiger partial charge in [0, 0.05) is 33.0 Å². The van der Waals surface area contributed by atoms with Crippen LogP contribution in [-0.4, -0.2) is 46.6 Å². The Bertz CT molecular complexity index is 775. The minimum Gasteiger partial charge on any atom is -0.344 e. The van der Waals surface area contributed by atoms with Gasteiger partial charge in [0.05, 0.1) is 11.1 Å². The van der Waals surface area contributed by atoms with E-state index < -0.39 is 23.7 Å². The highest BCUT2D eigenvalue weighted by Crippen LogP contribution is 2.34. The van der Waals surface area contributed by atoms with Gasteiger partial charge in [0.15, 0.2) is 0 Å². The monoisotopic (exact) mass is 355 g/mol. The molecule has 1 aliphatic heterocycles. The van der Waals surface area contributed by atoms with E-state index >= 15 is 0 Å². The Hall–Kier alpha value is -2.65. The predicted octanol–water partition coefficient (Wildman–Crippen LogP) is 2.53. The zero-order valence-electron chi connectivity index (χ0n) is 13.6. The fourth-order valence-electron chi connectivity index (χ4n) is 2.69. The molecule has 1 amide bonds. The maximum Gasteiger partial charge on any atom is 0.417 e. The second-order valence-electron chi connectivity index (χ2n) is 5.94. The number of aromatic nitrogens is 3. The molecule has 1 aliphatic rings. The molecule has 3 rings (SSSR count). The van der Waals surface area contributed by atoms with Crippen LogP contribution in [0.2, 0.25) is 0 Å². The largest absolute Gasteiger partial charge is 0.417 e. The summed E-state index contributed by atoms with van der Waals surface area (Å²) in [4.78, 5) is 23.6. The first kappa shape index (κ1) is 17.2. The second-order valence-corrected chi connectivity index (χ2v) is 5.94. The van der Waals surface area contributed by atoms with Crippen molar-refractivity contribution in [1.29, 1.82) is 0 Å². The minimum atomic E-state index is -4.55. The molecule has 2 aromatic heterocycles. The van der Waals surface area contributed by atoms with Crippen LogP contribution in [0.5, 0.6) is 0 Å². The predicted molar refractivity (Wildman–Crippen MR) is 80.9 cm³/mol. The van der Waals surface area contributed by atoms with Crippen molar-refractivity contribution >= 4 is 11.9 Å². The number of amides is 1. The molecule has 10 heteroatoms. The van der Waals surface area contributed by atoms with Crippen LogP contribution in [0.1, 0.15) is 40.7 Å². The van der Waals surface area contributed by atoms with Crippen LogP contribution in [0.25, 0.3) is 0 Å². The van der Waals surface area contributed by atoms with Gasteiger partial charge < -0.3 is 14.3 Å². The van der Waals surface area contributed by atoms with Gasteiger partial charge in [-0.3, -0.25) is 9.78 Å². The summed E-state index contributed by atoms with van der Waals surface area (Å²) in [6, 6.07) is 0.354. The highest BCUT2D eigenvalue weighted by Gasteiger charge is 2.36. The molecule has 1 saturated heterocycles. The van der Waals surface area contributed by atoms with E-state index in [1.165, 1.54) is 4.90 Å². The number of pyridine rings is 1. The number of likely N-dealkylation sites (tertiary alicyclic amines) is 1. The first-order chi connectivity index (χ1) is 11.8. The Labute approximate surface area is 141 Å². The number of hydrogen-bond donors (Lipinski definition) is 0. The Morgan fingerprint density at radius 1 is 1.36 bits per heavy atom. The van der Waals surface area contributed by atoms with Gasteiger partial charge in [-0.25, -0.2) is 0 Å². The van der Waals surface area contributed by atoms with Crippen LogP contribution in [0.4, 0.5) is 19.1 Å². The van der Waals surface area contributed by atoms with Crippen molar-refractivity contribution in [3.8, 4) is 0 Å². The van der Waals surface area contributed by atoms with Crippen LogP contribution < -0.4 is 4.90 Å². The van der Waals surface area contributed by atoms with E-state index in [2.05, 4.69) is 15.1 Å². The van der Waals surface area contributed by atoms with E-state index in [1.807, 2.05) is 0 Å². The highest BCUT2D eigenvalue weighted by molar-refractivity contribution is 5.94. The summed E-state index contributed by atoms with van der Waals surface area (Å²) in [6.07, 6.45) is -1.43. The summed E-state index contributed by atoms with van der Waals surface area (Å²) >= 11 is 0. The van der Waals surface area contributed by atoms with Gasteiger partial charge in [0.25, 0.3) is 17.7 Å². The van der Waals surface area contributed by atoms with E-state index in [9.17, 15) is 18.0 Å². The van der Waals surface area contributed by atoms with E-state index in [0.29, 0.717) is 31.5 Å². The van der Waals surface area contributed by atoms with Crippen LogP contribution in [0, 0.1) is 0 Å². The fourth-order valence-corrected chi connectivity index (χ4v) is 2.69. The quantitative estimate of drug-likeness (QED) is 0.842. The lowest BCUT2D eigenvalue weighted by molar-refractivity contribution is -0.137. The van der Waals surface area contributed by atoms with Crippen molar-refractivity contribution in [3.05, 3.63) is 35.5 Å². The fraction of sp³-hybridized carbons (Fsp3) is 0.467. The minimum absolute atomic E-state index is 0.117. The first-order valence-electron chi connectivity index (χ1n) is 7.61. The van der Waals surface area contributed by atoms with E-state index in [1.54, 1.807) is 19.0 Å². The van der Waals surface area contributed by atoms with Crippen molar-refractivity contribution < 1.29 is 22.5 Å². The maximum atomic E-state index is 12.8. The Morgan fingerprint density at radius 3 is 2.76 bits per heavy atom. The molecule has 0 aromatic carbocycles. The van der Waals surface area contributed by atoms with Gasteiger partial charge in [-0.05, 0) is 24.1 Å². The number of rotatable bonds is 3. The molecule has 1 fully saturated rings. The van der Waals surface area contributed by atoms with Gasteiger partial charge in [0.2, 0.25) is 0 Å². The van der Waals surface area contributed by atoms with Crippen molar-refractivity contribution in [2.24, 2.45) is 0 Å². The summed E-state index contributed by atoms with van der Waals surface area (Å²) in [5.74, 6) is 0.107. The Balaban J connectivity index is 1.86. The van der Waals surface area contributed by atoms with E-state index in [0.717, 1.165) is 12.3 Å². The van der Waals surface area contributed by atoms with Crippen LogP contribution in [0.15, 0.2) is 23.0 Å². The topological polar surface area (TPSA) is 75.4 Å². The third kappa shape index (κ3) is 3.42. The molecular weight excluding hydrogens is 339 g/mol. The molecule has 2 aromatic rings. The third-order valence-electron chi connectivity index (χ3n) is 3.94. The molecule has 1 atom stereocenters. The summed E-state index contributed by atoms with van der Waals surface area (Å²) in [5.41, 5.74) is -1.07. The lowest BCUT2D eigenvalue weighted by Gasteiger charge is -2.22. The van der Waals surface area contributed by atoms with E-state index in [-0.39, 0.29) is 11.5 Å². The number of nitrogens with zero attached hydrogens (tertiary/aromatic N) is 5. The van der Waals surface area contributed by atoms with Gasteiger partial charge in [0.1, 0.15) is 6.04 Å². The molecule has 0 aliphatic carbocycles.